The monoisotopic (exact) mass is 371 g/mol. The van der Waals surface area contributed by atoms with Crippen molar-refractivity contribution < 1.29 is 9.72 Å². The van der Waals surface area contributed by atoms with Crippen LogP contribution in [0, 0.1) is 10.1 Å². The van der Waals surface area contributed by atoms with Gasteiger partial charge in [0.25, 0.3) is 11.6 Å². The van der Waals surface area contributed by atoms with Crippen molar-refractivity contribution in [1.82, 2.24) is 4.98 Å². The molecule has 0 unspecified atom stereocenters. The number of rotatable bonds is 3. The van der Waals surface area contributed by atoms with Gasteiger partial charge in [-0.2, -0.15) is 0 Å². The molecule has 0 saturated heterocycles. The number of amides is 1. The molecule has 0 saturated carbocycles. The Morgan fingerprint density at radius 3 is 2.74 bits per heavy atom. The number of non-ortho nitro benzene ring substituents is 1. The van der Waals surface area contributed by atoms with Crippen molar-refractivity contribution in [2.75, 3.05) is 5.32 Å². The fraction of sp³-hybridized carbons (Fsp3) is 0. The zero-order valence-corrected chi connectivity index (χ0v) is 13.3. The Hall–Kier alpha value is -2.80. The van der Waals surface area contributed by atoms with E-state index in [4.69, 9.17) is 0 Å². The van der Waals surface area contributed by atoms with Crippen molar-refractivity contribution in [2.45, 2.75) is 0 Å². The number of anilines is 1. The van der Waals surface area contributed by atoms with Crippen LogP contribution >= 0.6 is 15.9 Å². The van der Waals surface area contributed by atoms with Gasteiger partial charge in [-0.1, -0.05) is 12.1 Å². The van der Waals surface area contributed by atoms with Gasteiger partial charge in [0, 0.05) is 28.6 Å². The Bertz CT molecular complexity index is 927. The Morgan fingerprint density at radius 2 is 2.00 bits per heavy atom. The van der Waals surface area contributed by atoms with Gasteiger partial charge in [0.2, 0.25) is 0 Å². The van der Waals surface area contributed by atoms with Crippen LogP contribution in [0.15, 0.2) is 59.3 Å². The molecule has 3 aromatic rings. The van der Waals surface area contributed by atoms with Crippen LogP contribution in [-0.4, -0.2) is 15.8 Å². The number of hydrogen-bond donors (Lipinski definition) is 1. The molecule has 0 aliphatic carbocycles. The van der Waals surface area contributed by atoms with E-state index in [1.54, 1.807) is 42.6 Å². The summed E-state index contributed by atoms with van der Waals surface area (Å²) in [5, 5.41) is 15.0. The number of nitrogens with zero attached hydrogens (tertiary/aromatic N) is 2. The van der Waals surface area contributed by atoms with Gasteiger partial charge in [0.05, 0.1) is 15.9 Å². The summed E-state index contributed by atoms with van der Waals surface area (Å²) in [4.78, 5) is 26.7. The van der Waals surface area contributed by atoms with Crippen molar-refractivity contribution in [3.8, 4) is 0 Å². The number of halogens is 1. The summed E-state index contributed by atoms with van der Waals surface area (Å²) in [6.45, 7) is 0. The SMILES string of the molecule is O=C(Nc1ccc2c([N+](=O)[O-])cccc2c1)c1cncc(Br)c1. The van der Waals surface area contributed by atoms with E-state index < -0.39 is 4.92 Å². The van der Waals surface area contributed by atoms with Crippen molar-refractivity contribution in [3.63, 3.8) is 0 Å². The van der Waals surface area contributed by atoms with Crippen LogP contribution in [-0.2, 0) is 0 Å². The fourth-order valence-corrected chi connectivity index (χ4v) is 2.61. The van der Waals surface area contributed by atoms with Crippen LogP contribution in [0.1, 0.15) is 10.4 Å². The lowest BCUT2D eigenvalue weighted by atomic mass is 10.1. The molecular weight excluding hydrogens is 362 g/mol. The van der Waals surface area contributed by atoms with Crippen LogP contribution in [0.2, 0.25) is 0 Å². The maximum Gasteiger partial charge on any atom is 0.277 e. The molecule has 2 aromatic carbocycles. The molecule has 0 aliphatic heterocycles. The maximum atomic E-state index is 12.2. The third-order valence-electron chi connectivity index (χ3n) is 3.28. The minimum atomic E-state index is -0.423. The third-order valence-corrected chi connectivity index (χ3v) is 3.71. The van der Waals surface area contributed by atoms with Crippen molar-refractivity contribution >= 4 is 44.0 Å². The summed E-state index contributed by atoms with van der Waals surface area (Å²) >= 11 is 3.26. The number of pyridine rings is 1. The Balaban J connectivity index is 1.92. The second-order valence-electron chi connectivity index (χ2n) is 4.82. The lowest BCUT2D eigenvalue weighted by Crippen LogP contribution is -2.12. The first-order valence-corrected chi connectivity index (χ1v) is 7.43. The van der Waals surface area contributed by atoms with Crippen molar-refractivity contribution in [1.29, 1.82) is 0 Å². The van der Waals surface area contributed by atoms with E-state index in [1.807, 2.05) is 0 Å². The molecule has 0 bridgehead atoms. The highest BCUT2D eigenvalue weighted by atomic mass is 79.9. The van der Waals surface area contributed by atoms with Crippen LogP contribution < -0.4 is 5.32 Å². The van der Waals surface area contributed by atoms with Gasteiger partial charge in [0.1, 0.15) is 0 Å². The van der Waals surface area contributed by atoms with E-state index >= 15 is 0 Å². The molecule has 1 heterocycles. The third kappa shape index (κ3) is 3.19. The summed E-state index contributed by atoms with van der Waals surface area (Å²) in [5.41, 5.74) is 1.01. The number of carbonyl (C=O) groups excluding carboxylic acids is 1. The highest BCUT2D eigenvalue weighted by Gasteiger charge is 2.12. The average molecular weight is 372 g/mol. The van der Waals surface area contributed by atoms with Gasteiger partial charge in [-0.25, -0.2) is 0 Å². The predicted octanol–water partition coefficient (Wildman–Crippen LogP) is 4.16. The largest absolute Gasteiger partial charge is 0.322 e. The summed E-state index contributed by atoms with van der Waals surface area (Å²) in [6, 6.07) is 11.5. The molecule has 1 aromatic heterocycles. The van der Waals surface area contributed by atoms with Gasteiger partial charge >= 0.3 is 0 Å². The minimum absolute atomic E-state index is 0.0385. The first-order valence-electron chi connectivity index (χ1n) is 6.64. The number of nitrogens with one attached hydrogen (secondary N) is 1. The quantitative estimate of drug-likeness (QED) is 0.553. The van der Waals surface area contributed by atoms with Gasteiger partial charge in [0.15, 0.2) is 0 Å². The molecule has 3 rings (SSSR count). The standard InChI is InChI=1S/C16H10BrN3O3/c17-12-6-11(8-18-9-12)16(21)19-13-4-5-14-10(7-13)2-1-3-15(14)20(22)23/h1-9H,(H,19,21). The zero-order valence-electron chi connectivity index (χ0n) is 11.7. The topological polar surface area (TPSA) is 85.1 Å². The predicted molar refractivity (Wildman–Crippen MR) is 90.5 cm³/mol. The molecule has 0 atom stereocenters. The number of nitro groups is 1. The summed E-state index contributed by atoms with van der Waals surface area (Å²) in [5.74, 6) is -0.302. The van der Waals surface area contributed by atoms with Gasteiger partial charge in [-0.15, -0.1) is 0 Å². The van der Waals surface area contributed by atoms with E-state index in [2.05, 4.69) is 26.2 Å². The number of benzene rings is 2. The number of aromatic nitrogens is 1. The van der Waals surface area contributed by atoms with E-state index in [0.29, 0.717) is 26.5 Å². The van der Waals surface area contributed by atoms with Crippen LogP contribution in [0.25, 0.3) is 10.8 Å². The molecule has 0 spiro atoms. The lowest BCUT2D eigenvalue weighted by Gasteiger charge is -2.07. The van der Waals surface area contributed by atoms with Gasteiger partial charge in [-0.3, -0.25) is 19.9 Å². The van der Waals surface area contributed by atoms with E-state index in [1.165, 1.54) is 12.3 Å². The van der Waals surface area contributed by atoms with Gasteiger partial charge < -0.3 is 5.32 Å². The molecule has 7 heteroatoms. The first-order chi connectivity index (χ1) is 11.0. The number of hydrogen-bond acceptors (Lipinski definition) is 4. The number of carbonyl (C=O) groups is 1. The van der Waals surface area contributed by atoms with Gasteiger partial charge in [-0.05, 0) is 45.6 Å². The van der Waals surface area contributed by atoms with Crippen LogP contribution in [0.5, 0.6) is 0 Å². The Kier molecular flexibility index (Phi) is 4.03. The molecule has 0 aliphatic rings. The Labute approximate surface area is 139 Å². The zero-order chi connectivity index (χ0) is 16.4. The second-order valence-corrected chi connectivity index (χ2v) is 5.73. The number of nitro benzene ring substituents is 1. The molecule has 1 N–H and O–H groups in total. The molecular formula is C16H10BrN3O3. The molecule has 23 heavy (non-hydrogen) atoms. The van der Waals surface area contributed by atoms with Crippen molar-refractivity contribution in [2.24, 2.45) is 0 Å². The summed E-state index contributed by atoms with van der Waals surface area (Å²) < 4.78 is 0.708. The van der Waals surface area contributed by atoms with E-state index in [-0.39, 0.29) is 11.6 Å². The molecule has 1 amide bonds. The normalized spacial score (nSPS) is 10.5. The maximum absolute atomic E-state index is 12.2. The fourth-order valence-electron chi connectivity index (χ4n) is 2.24. The van der Waals surface area contributed by atoms with E-state index in [0.717, 1.165) is 0 Å². The molecule has 114 valence electrons. The first kappa shape index (κ1) is 15.1. The smallest absolute Gasteiger partial charge is 0.277 e. The summed E-state index contributed by atoms with van der Waals surface area (Å²) in [6.07, 6.45) is 3.05. The number of fused-ring (bicyclic) bond motifs is 1. The van der Waals surface area contributed by atoms with Crippen LogP contribution in [0.4, 0.5) is 11.4 Å². The highest BCUT2D eigenvalue weighted by Crippen LogP contribution is 2.27. The van der Waals surface area contributed by atoms with Crippen molar-refractivity contribution in [3.05, 3.63) is 75.0 Å². The molecule has 0 radical (unpaired) electrons. The summed E-state index contributed by atoms with van der Waals surface area (Å²) in [7, 11) is 0. The average Bonchev–Trinajstić information content (AvgIpc) is 2.54. The van der Waals surface area contributed by atoms with Crippen LogP contribution in [0.3, 0.4) is 0 Å². The lowest BCUT2D eigenvalue weighted by molar-refractivity contribution is -0.383. The molecule has 6 nitrogen and oxygen atoms in total. The Morgan fingerprint density at radius 1 is 1.17 bits per heavy atom. The van der Waals surface area contributed by atoms with E-state index in [9.17, 15) is 14.9 Å². The second kappa shape index (κ2) is 6.13. The molecule has 0 fully saturated rings. The highest BCUT2D eigenvalue weighted by molar-refractivity contribution is 9.10. The minimum Gasteiger partial charge on any atom is -0.322 e.